The first-order chi connectivity index (χ1) is 8.65. The molecule has 0 heterocycles. The molecule has 18 heavy (non-hydrogen) atoms. The van der Waals surface area contributed by atoms with Gasteiger partial charge in [0.15, 0.2) is 0 Å². The molecule has 0 atom stereocenters. The van der Waals surface area contributed by atoms with Crippen LogP contribution in [0.1, 0.15) is 25.3 Å². The zero-order valence-electron chi connectivity index (χ0n) is 10.8. The Morgan fingerprint density at radius 3 is 2.83 bits per heavy atom. The van der Waals surface area contributed by atoms with Crippen molar-refractivity contribution in [2.24, 2.45) is 0 Å². The lowest BCUT2D eigenvalue weighted by Gasteiger charge is -2.15. The van der Waals surface area contributed by atoms with E-state index in [1.54, 1.807) is 24.2 Å². The molecule has 0 aliphatic heterocycles. The number of rotatable bonds is 5. The Balaban J connectivity index is 2.45. The van der Waals surface area contributed by atoms with Crippen LogP contribution in [-0.2, 0) is 0 Å². The average Bonchev–Trinajstić information content (AvgIpc) is 2.38. The van der Waals surface area contributed by atoms with Gasteiger partial charge in [-0.05, 0) is 24.1 Å². The van der Waals surface area contributed by atoms with Gasteiger partial charge in [0.1, 0.15) is 0 Å². The maximum atomic E-state index is 11.7. The summed E-state index contributed by atoms with van der Waals surface area (Å²) in [5.41, 5.74) is 0.885. The molecule has 1 N–H and O–H groups in total. The highest BCUT2D eigenvalue weighted by Crippen LogP contribution is 2.15. The zero-order chi connectivity index (χ0) is 13.4. The van der Waals surface area contributed by atoms with Crippen LogP contribution in [0.5, 0.6) is 0 Å². The Bertz CT molecular complexity index is 418. The van der Waals surface area contributed by atoms with E-state index in [1.165, 1.54) is 0 Å². The Kier molecular flexibility index (Phi) is 6.29. The summed E-state index contributed by atoms with van der Waals surface area (Å²) in [4.78, 5) is 13.3. The van der Waals surface area contributed by atoms with Crippen LogP contribution in [0.3, 0.4) is 0 Å². The molecule has 0 aliphatic rings. The third-order valence-electron chi connectivity index (χ3n) is 2.57. The normalized spacial score (nSPS) is 10.6. The lowest BCUT2D eigenvalue weighted by Crippen LogP contribution is -2.34. The molecule has 0 aliphatic carbocycles. The Labute approximate surface area is 113 Å². The van der Waals surface area contributed by atoms with Crippen LogP contribution in [0.25, 0.3) is 6.08 Å². The molecule has 1 aromatic rings. The molecule has 1 rings (SSSR count). The van der Waals surface area contributed by atoms with Gasteiger partial charge in [-0.3, -0.25) is 0 Å². The molecule has 0 fully saturated rings. The molecule has 0 spiro atoms. The zero-order valence-corrected chi connectivity index (χ0v) is 11.6. The topological polar surface area (TPSA) is 32.3 Å². The van der Waals surface area contributed by atoms with E-state index >= 15 is 0 Å². The summed E-state index contributed by atoms with van der Waals surface area (Å²) in [6, 6.07) is 7.38. The third kappa shape index (κ3) is 4.80. The summed E-state index contributed by atoms with van der Waals surface area (Å²) in [6.07, 6.45) is 5.49. The van der Waals surface area contributed by atoms with E-state index in [1.807, 2.05) is 24.3 Å². The number of nitrogens with zero attached hydrogens (tertiary/aromatic N) is 1. The molecule has 2 amide bonds. The predicted molar refractivity (Wildman–Crippen MR) is 76.6 cm³/mol. The number of hydrogen-bond donors (Lipinski definition) is 1. The number of carbonyl (C=O) groups excluding carboxylic acids is 1. The average molecular weight is 267 g/mol. The third-order valence-corrected chi connectivity index (χ3v) is 2.91. The summed E-state index contributed by atoms with van der Waals surface area (Å²) < 4.78 is 0. The SMILES string of the molecule is CCCCN(C)C(=O)N/C=C/c1ccccc1Cl. The summed E-state index contributed by atoms with van der Waals surface area (Å²) in [7, 11) is 1.79. The van der Waals surface area contributed by atoms with Crippen molar-refractivity contribution in [1.82, 2.24) is 10.2 Å². The molecule has 3 nitrogen and oxygen atoms in total. The Hall–Kier alpha value is -1.48. The van der Waals surface area contributed by atoms with Crippen LogP contribution >= 0.6 is 11.6 Å². The summed E-state index contributed by atoms with van der Waals surface area (Å²) in [5, 5.41) is 3.38. The van der Waals surface area contributed by atoms with Gasteiger partial charge in [-0.1, -0.05) is 43.1 Å². The van der Waals surface area contributed by atoms with Crippen molar-refractivity contribution in [3.8, 4) is 0 Å². The van der Waals surface area contributed by atoms with Gasteiger partial charge in [0.2, 0.25) is 0 Å². The molecule has 0 unspecified atom stereocenters. The highest BCUT2D eigenvalue weighted by Gasteiger charge is 2.04. The first-order valence-corrected chi connectivity index (χ1v) is 6.45. The van der Waals surface area contributed by atoms with Crippen molar-refractivity contribution in [2.75, 3.05) is 13.6 Å². The highest BCUT2D eigenvalue weighted by atomic mass is 35.5. The van der Waals surface area contributed by atoms with Gasteiger partial charge in [0, 0.05) is 24.8 Å². The number of halogens is 1. The standard InChI is InChI=1S/C14H19ClN2O/c1-3-4-11-17(2)14(18)16-10-9-12-7-5-6-8-13(12)15/h5-10H,3-4,11H2,1-2H3,(H,16,18)/b10-9+. The highest BCUT2D eigenvalue weighted by molar-refractivity contribution is 6.32. The summed E-state index contributed by atoms with van der Waals surface area (Å²) in [5.74, 6) is 0. The lowest BCUT2D eigenvalue weighted by molar-refractivity contribution is 0.212. The molecule has 0 saturated heterocycles. The molecule has 1 aromatic carbocycles. The first-order valence-electron chi connectivity index (χ1n) is 6.08. The second-order valence-corrected chi connectivity index (χ2v) is 4.49. The number of benzene rings is 1. The smallest absolute Gasteiger partial charge is 0.321 e. The van der Waals surface area contributed by atoms with Gasteiger partial charge in [-0.2, -0.15) is 0 Å². The number of nitrogens with one attached hydrogen (secondary N) is 1. The van der Waals surface area contributed by atoms with Gasteiger partial charge in [-0.25, -0.2) is 4.79 Å². The van der Waals surface area contributed by atoms with E-state index in [4.69, 9.17) is 11.6 Å². The fourth-order valence-electron chi connectivity index (χ4n) is 1.42. The predicted octanol–water partition coefficient (Wildman–Crippen LogP) is 3.75. The fourth-order valence-corrected chi connectivity index (χ4v) is 1.62. The van der Waals surface area contributed by atoms with Crippen LogP contribution in [0.2, 0.25) is 5.02 Å². The number of urea groups is 1. The molecule has 98 valence electrons. The number of amides is 2. The molecule has 4 heteroatoms. The molecular formula is C14H19ClN2O. The second-order valence-electron chi connectivity index (χ2n) is 4.08. The molecule has 0 radical (unpaired) electrons. The fraction of sp³-hybridized carbons (Fsp3) is 0.357. The van der Waals surface area contributed by atoms with Crippen molar-refractivity contribution in [3.05, 3.63) is 41.1 Å². The van der Waals surface area contributed by atoms with Gasteiger partial charge in [0.05, 0.1) is 0 Å². The van der Waals surface area contributed by atoms with Crippen molar-refractivity contribution < 1.29 is 4.79 Å². The maximum absolute atomic E-state index is 11.7. The van der Waals surface area contributed by atoms with Crippen LogP contribution in [0, 0.1) is 0 Å². The maximum Gasteiger partial charge on any atom is 0.321 e. The molecular weight excluding hydrogens is 248 g/mol. The minimum Gasteiger partial charge on any atom is -0.328 e. The first kappa shape index (κ1) is 14.6. The summed E-state index contributed by atoms with van der Waals surface area (Å²) in [6.45, 7) is 2.87. The molecule has 0 saturated carbocycles. The van der Waals surface area contributed by atoms with Gasteiger partial charge in [-0.15, -0.1) is 0 Å². The number of hydrogen-bond acceptors (Lipinski definition) is 1. The molecule has 0 bridgehead atoms. The van der Waals surface area contributed by atoms with Gasteiger partial charge in [0.25, 0.3) is 0 Å². The van der Waals surface area contributed by atoms with E-state index in [0.717, 1.165) is 24.9 Å². The van der Waals surface area contributed by atoms with Crippen molar-refractivity contribution in [1.29, 1.82) is 0 Å². The Morgan fingerprint density at radius 1 is 1.44 bits per heavy atom. The van der Waals surface area contributed by atoms with E-state index in [-0.39, 0.29) is 6.03 Å². The van der Waals surface area contributed by atoms with Crippen LogP contribution < -0.4 is 5.32 Å². The van der Waals surface area contributed by atoms with Crippen LogP contribution in [-0.4, -0.2) is 24.5 Å². The van der Waals surface area contributed by atoms with E-state index < -0.39 is 0 Å². The van der Waals surface area contributed by atoms with Crippen molar-refractivity contribution in [3.63, 3.8) is 0 Å². The van der Waals surface area contributed by atoms with E-state index in [0.29, 0.717) is 5.02 Å². The number of unbranched alkanes of at least 4 members (excludes halogenated alkanes) is 1. The quantitative estimate of drug-likeness (QED) is 0.865. The van der Waals surface area contributed by atoms with Gasteiger partial charge < -0.3 is 10.2 Å². The van der Waals surface area contributed by atoms with Crippen LogP contribution in [0.15, 0.2) is 30.5 Å². The monoisotopic (exact) mass is 266 g/mol. The van der Waals surface area contributed by atoms with Crippen molar-refractivity contribution in [2.45, 2.75) is 19.8 Å². The largest absolute Gasteiger partial charge is 0.328 e. The van der Waals surface area contributed by atoms with E-state index in [9.17, 15) is 4.79 Å². The van der Waals surface area contributed by atoms with Crippen molar-refractivity contribution >= 4 is 23.7 Å². The lowest BCUT2D eigenvalue weighted by atomic mass is 10.2. The van der Waals surface area contributed by atoms with Crippen LogP contribution in [0.4, 0.5) is 4.79 Å². The number of carbonyl (C=O) groups is 1. The Morgan fingerprint density at radius 2 is 2.17 bits per heavy atom. The summed E-state index contributed by atoms with van der Waals surface area (Å²) >= 11 is 6.00. The van der Waals surface area contributed by atoms with Gasteiger partial charge >= 0.3 is 6.03 Å². The van der Waals surface area contributed by atoms with E-state index in [2.05, 4.69) is 12.2 Å². The minimum atomic E-state index is -0.105. The molecule has 0 aromatic heterocycles. The minimum absolute atomic E-state index is 0.105. The second kappa shape index (κ2) is 7.77.